The fraction of sp³-hybridized carbons (Fsp3) is 0.562. The molecule has 0 aliphatic carbocycles. The Labute approximate surface area is 130 Å². The molecule has 0 amide bonds. The first kappa shape index (κ1) is 15.0. The van der Waals surface area contributed by atoms with E-state index in [4.69, 9.17) is 19.9 Å². The summed E-state index contributed by atoms with van der Waals surface area (Å²) in [7, 11) is 1.42. The fourth-order valence-corrected chi connectivity index (χ4v) is 3.17. The Bertz CT molecular complexity index is 549. The van der Waals surface area contributed by atoms with E-state index in [1.807, 2.05) is 18.2 Å². The maximum absolute atomic E-state index is 11.3. The number of carbonyl (C=O) groups is 1. The Morgan fingerprint density at radius 3 is 3.00 bits per heavy atom. The normalized spacial score (nSPS) is 23.5. The van der Waals surface area contributed by atoms with Crippen LogP contribution in [-0.4, -0.2) is 39.0 Å². The Hall–Kier alpha value is -1.95. The summed E-state index contributed by atoms with van der Waals surface area (Å²) in [6, 6.07) is 6.07. The van der Waals surface area contributed by atoms with Gasteiger partial charge in [-0.2, -0.15) is 0 Å². The van der Waals surface area contributed by atoms with Crippen LogP contribution < -0.4 is 20.1 Å². The third kappa shape index (κ3) is 3.27. The fourth-order valence-electron chi connectivity index (χ4n) is 3.17. The van der Waals surface area contributed by atoms with Gasteiger partial charge in [-0.15, -0.1) is 0 Å². The van der Waals surface area contributed by atoms with Crippen LogP contribution >= 0.6 is 0 Å². The summed E-state index contributed by atoms with van der Waals surface area (Å²) >= 11 is 0. The monoisotopic (exact) mass is 306 g/mol. The number of hydrogen-bond acceptors (Lipinski definition) is 6. The van der Waals surface area contributed by atoms with E-state index in [2.05, 4.69) is 4.90 Å². The van der Waals surface area contributed by atoms with Crippen molar-refractivity contribution in [2.45, 2.75) is 25.3 Å². The highest BCUT2D eigenvalue weighted by molar-refractivity contribution is 5.69. The second-order valence-corrected chi connectivity index (χ2v) is 5.92. The van der Waals surface area contributed by atoms with Gasteiger partial charge in [0.1, 0.15) is 0 Å². The molecule has 0 radical (unpaired) electrons. The number of esters is 1. The predicted octanol–water partition coefficient (Wildman–Crippen LogP) is 1.52. The van der Waals surface area contributed by atoms with Gasteiger partial charge < -0.3 is 24.8 Å². The van der Waals surface area contributed by atoms with Crippen molar-refractivity contribution in [1.29, 1.82) is 0 Å². The summed E-state index contributed by atoms with van der Waals surface area (Å²) in [6.07, 6.45) is 2.20. The van der Waals surface area contributed by atoms with Crippen LogP contribution in [-0.2, 0) is 9.53 Å². The van der Waals surface area contributed by atoms with E-state index in [1.165, 1.54) is 7.11 Å². The highest BCUT2D eigenvalue weighted by Gasteiger charge is 2.27. The van der Waals surface area contributed by atoms with Crippen LogP contribution in [0.5, 0.6) is 11.5 Å². The minimum Gasteiger partial charge on any atom is -0.469 e. The van der Waals surface area contributed by atoms with Gasteiger partial charge in [0.15, 0.2) is 11.5 Å². The number of benzene rings is 1. The van der Waals surface area contributed by atoms with E-state index < -0.39 is 0 Å². The topological polar surface area (TPSA) is 74.0 Å². The zero-order valence-corrected chi connectivity index (χ0v) is 12.8. The number of carbonyl (C=O) groups excluding carboxylic acids is 1. The smallest absolute Gasteiger partial charge is 0.305 e. The first-order chi connectivity index (χ1) is 10.7. The molecule has 0 spiro atoms. The van der Waals surface area contributed by atoms with Crippen molar-refractivity contribution >= 4 is 11.7 Å². The second-order valence-electron chi connectivity index (χ2n) is 5.92. The van der Waals surface area contributed by atoms with Crippen LogP contribution in [0.15, 0.2) is 18.2 Å². The molecular weight excluding hydrogens is 284 g/mol. The van der Waals surface area contributed by atoms with Gasteiger partial charge in [0.05, 0.1) is 7.11 Å². The number of piperidine rings is 1. The maximum atomic E-state index is 11.3. The molecule has 3 rings (SSSR count). The van der Waals surface area contributed by atoms with Crippen molar-refractivity contribution < 1.29 is 19.0 Å². The predicted molar refractivity (Wildman–Crippen MR) is 82.1 cm³/mol. The molecule has 1 aromatic rings. The van der Waals surface area contributed by atoms with Gasteiger partial charge in [-0.25, -0.2) is 0 Å². The number of nitrogens with two attached hydrogens (primary N) is 1. The van der Waals surface area contributed by atoms with Crippen molar-refractivity contribution in [2.75, 3.05) is 31.9 Å². The van der Waals surface area contributed by atoms with E-state index in [1.54, 1.807) is 0 Å². The molecule has 2 aliphatic heterocycles. The van der Waals surface area contributed by atoms with Gasteiger partial charge in [0.2, 0.25) is 6.79 Å². The van der Waals surface area contributed by atoms with E-state index in [9.17, 15) is 4.79 Å². The number of nitrogens with zero attached hydrogens (tertiary/aromatic N) is 1. The van der Waals surface area contributed by atoms with Gasteiger partial charge in [-0.05, 0) is 30.9 Å². The zero-order valence-electron chi connectivity index (χ0n) is 12.8. The summed E-state index contributed by atoms with van der Waals surface area (Å²) in [5.74, 6) is 1.80. The molecule has 2 aliphatic rings. The molecule has 0 aromatic heterocycles. The molecule has 2 N–H and O–H groups in total. The van der Waals surface area contributed by atoms with Crippen LogP contribution in [0.4, 0.5) is 5.69 Å². The molecule has 0 saturated carbocycles. The lowest BCUT2D eigenvalue weighted by Crippen LogP contribution is -2.47. The standard InChI is InChI=1S/C16H22N2O4/c1-20-16(19)5-2-11-6-12(17)9-18(8-11)13-3-4-14-15(7-13)22-10-21-14/h3-4,7,11-12H,2,5-6,8-10,17H2,1H3. The molecule has 2 atom stereocenters. The summed E-state index contributed by atoms with van der Waals surface area (Å²) in [4.78, 5) is 13.6. The molecule has 1 aromatic carbocycles. The maximum Gasteiger partial charge on any atom is 0.305 e. The average molecular weight is 306 g/mol. The SMILES string of the molecule is COC(=O)CCC1CC(N)CN(c2ccc3c(c2)OCO3)C1. The first-order valence-electron chi connectivity index (χ1n) is 7.62. The number of fused-ring (bicyclic) bond motifs is 1. The Balaban J connectivity index is 1.66. The molecule has 2 heterocycles. The quantitative estimate of drug-likeness (QED) is 0.850. The molecule has 2 unspecified atom stereocenters. The van der Waals surface area contributed by atoms with Crippen molar-refractivity contribution in [2.24, 2.45) is 11.7 Å². The van der Waals surface area contributed by atoms with Crippen LogP contribution in [0.1, 0.15) is 19.3 Å². The molecule has 1 fully saturated rings. The lowest BCUT2D eigenvalue weighted by atomic mass is 9.90. The lowest BCUT2D eigenvalue weighted by Gasteiger charge is -2.37. The summed E-state index contributed by atoms with van der Waals surface area (Å²) in [6.45, 7) is 1.98. The Morgan fingerprint density at radius 1 is 1.36 bits per heavy atom. The van der Waals surface area contributed by atoms with Crippen LogP contribution in [0.3, 0.4) is 0 Å². The van der Waals surface area contributed by atoms with Gasteiger partial charge >= 0.3 is 5.97 Å². The largest absolute Gasteiger partial charge is 0.469 e. The number of hydrogen-bond donors (Lipinski definition) is 1. The van der Waals surface area contributed by atoms with E-state index in [0.717, 1.165) is 43.1 Å². The van der Waals surface area contributed by atoms with Crippen molar-refractivity contribution in [3.63, 3.8) is 0 Å². The highest BCUT2D eigenvalue weighted by Crippen LogP contribution is 2.36. The van der Waals surface area contributed by atoms with E-state index in [-0.39, 0.29) is 18.8 Å². The second kappa shape index (κ2) is 6.44. The van der Waals surface area contributed by atoms with E-state index in [0.29, 0.717) is 12.3 Å². The molecule has 6 nitrogen and oxygen atoms in total. The number of methoxy groups -OCH3 is 1. The molecule has 1 saturated heterocycles. The first-order valence-corrected chi connectivity index (χ1v) is 7.62. The summed E-state index contributed by atoms with van der Waals surface area (Å²) in [5, 5.41) is 0. The van der Waals surface area contributed by atoms with Crippen LogP contribution in [0.2, 0.25) is 0 Å². The van der Waals surface area contributed by atoms with Gasteiger partial charge in [-0.3, -0.25) is 4.79 Å². The Kier molecular flexibility index (Phi) is 4.38. The molecule has 120 valence electrons. The van der Waals surface area contributed by atoms with Crippen molar-refractivity contribution in [3.05, 3.63) is 18.2 Å². The molecule has 6 heteroatoms. The molecule has 0 bridgehead atoms. The van der Waals surface area contributed by atoms with Crippen LogP contribution in [0.25, 0.3) is 0 Å². The van der Waals surface area contributed by atoms with Crippen LogP contribution in [0, 0.1) is 5.92 Å². The third-order valence-electron chi connectivity index (χ3n) is 4.28. The third-order valence-corrected chi connectivity index (χ3v) is 4.28. The number of anilines is 1. The molecule has 22 heavy (non-hydrogen) atoms. The lowest BCUT2D eigenvalue weighted by molar-refractivity contribution is -0.141. The average Bonchev–Trinajstić information content (AvgIpc) is 2.99. The Morgan fingerprint density at radius 2 is 2.18 bits per heavy atom. The minimum absolute atomic E-state index is 0.113. The van der Waals surface area contributed by atoms with Gasteiger partial charge in [-0.1, -0.05) is 0 Å². The molecular formula is C16H22N2O4. The van der Waals surface area contributed by atoms with Crippen molar-refractivity contribution in [3.8, 4) is 11.5 Å². The number of ether oxygens (including phenoxy) is 3. The van der Waals surface area contributed by atoms with E-state index >= 15 is 0 Å². The minimum atomic E-state index is -0.159. The van der Waals surface area contributed by atoms with Gasteiger partial charge in [0, 0.05) is 37.3 Å². The summed E-state index contributed by atoms with van der Waals surface area (Å²) < 4.78 is 15.5. The van der Waals surface area contributed by atoms with Crippen molar-refractivity contribution in [1.82, 2.24) is 0 Å². The zero-order chi connectivity index (χ0) is 15.5. The van der Waals surface area contributed by atoms with Gasteiger partial charge in [0.25, 0.3) is 0 Å². The summed E-state index contributed by atoms with van der Waals surface area (Å²) in [5.41, 5.74) is 7.28. The highest BCUT2D eigenvalue weighted by atomic mass is 16.7. The number of rotatable bonds is 4.